The predicted molar refractivity (Wildman–Crippen MR) is 154 cm³/mol. The number of likely N-dealkylation sites (tertiary alicyclic amines) is 1. The molecule has 0 radical (unpaired) electrons. The fourth-order valence-electron chi connectivity index (χ4n) is 8.07. The van der Waals surface area contributed by atoms with E-state index >= 15 is 0 Å². The highest BCUT2D eigenvalue weighted by atomic mass is 19.1. The van der Waals surface area contributed by atoms with Crippen molar-refractivity contribution in [1.29, 1.82) is 0 Å². The van der Waals surface area contributed by atoms with Crippen molar-refractivity contribution in [3.63, 3.8) is 0 Å². The number of fused-ring (bicyclic) bond motifs is 1. The van der Waals surface area contributed by atoms with Gasteiger partial charge in [0.1, 0.15) is 12.4 Å². The van der Waals surface area contributed by atoms with E-state index in [0.29, 0.717) is 29.3 Å². The highest BCUT2D eigenvalue weighted by Gasteiger charge is 2.46. The normalized spacial score (nSPS) is 26.4. The molecule has 1 amide bonds. The summed E-state index contributed by atoms with van der Waals surface area (Å²) in [4.78, 5) is 41.6. The van der Waals surface area contributed by atoms with Crippen LogP contribution in [0.25, 0.3) is 10.9 Å². The number of carboxylic acids is 1. The van der Waals surface area contributed by atoms with Gasteiger partial charge in [-0.25, -0.2) is 9.18 Å². The molecule has 1 aliphatic heterocycles. The number of amides is 1. The Labute approximate surface area is 241 Å². The van der Waals surface area contributed by atoms with Crippen molar-refractivity contribution in [2.45, 2.75) is 90.1 Å². The Morgan fingerprint density at radius 1 is 0.976 bits per heavy atom. The van der Waals surface area contributed by atoms with Crippen LogP contribution in [0.4, 0.5) is 8.78 Å². The van der Waals surface area contributed by atoms with Gasteiger partial charge in [-0.15, -0.1) is 0 Å². The van der Waals surface area contributed by atoms with Gasteiger partial charge in [-0.1, -0.05) is 45.1 Å². The number of Topliss-reactive ketones (excluding diaryl/α,β-unsaturated/α-hetero) is 1. The summed E-state index contributed by atoms with van der Waals surface area (Å²) < 4.78 is 27.8. The number of alkyl halides is 2. The SMILES string of the molecule is C[C@H](CF)C1CCC(C(=O)N2CC[C@@H](C3CCCCC3)[C@H]2C(=O)Cc2ccc3c(c2)cc(C(=O)O)n3CCF)CC1. The zero-order valence-electron chi connectivity index (χ0n) is 24.2. The van der Waals surface area contributed by atoms with E-state index in [1.165, 1.54) is 29.9 Å². The van der Waals surface area contributed by atoms with Gasteiger partial charge >= 0.3 is 5.97 Å². The number of carbonyl (C=O) groups is 3. The van der Waals surface area contributed by atoms with Gasteiger partial charge in [0.25, 0.3) is 0 Å². The van der Waals surface area contributed by atoms with E-state index in [1.54, 1.807) is 6.07 Å². The molecule has 3 aliphatic rings. The van der Waals surface area contributed by atoms with Crippen LogP contribution in [0.1, 0.15) is 87.2 Å². The van der Waals surface area contributed by atoms with Gasteiger partial charge in [-0.3, -0.25) is 14.0 Å². The molecule has 3 fully saturated rings. The minimum Gasteiger partial charge on any atom is -0.477 e. The highest BCUT2D eigenvalue weighted by molar-refractivity contribution is 5.96. The number of ketones is 1. The van der Waals surface area contributed by atoms with Crippen LogP contribution in [0.2, 0.25) is 0 Å². The number of aryl methyl sites for hydroxylation is 1. The molecule has 8 heteroatoms. The van der Waals surface area contributed by atoms with Gasteiger partial charge in [0.15, 0.2) is 5.78 Å². The monoisotopic (exact) mass is 570 g/mol. The molecule has 0 bridgehead atoms. The van der Waals surface area contributed by atoms with Crippen molar-refractivity contribution in [3.8, 4) is 0 Å². The zero-order chi connectivity index (χ0) is 29.1. The van der Waals surface area contributed by atoms with Crippen LogP contribution >= 0.6 is 0 Å². The Bertz CT molecular complexity index is 1250. The van der Waals surface area contributed by atoms with E-state index in [0.717, 1.165) is 50.5 Å². The van der Waals surface area contributed by atoms with E-state index in [9.17, 15) is 28.3 Å². The Hall–Kier alpha value is -2.77. The van der Waals surface area contributed by atoms with Crippen LogP contribution in [0.3, 0.4) is 0 Å². The third kappa shape index (κ3) is 6.21. The van der Waals surface area contributed by atoms with E-state index in [4.69, 9.17) is 0 Å². The number of carbonyl (C=O) groups excluding carboxylic acids is 2. The Kier molecular flexibility index (Phi) is 9.45. The standard InChI is InChI=1S/C33H44F2N2O4/c1-21(20-35)23-8-10-25(11-9-23)32(39)37-15-13-27(24-5-3-2-4-6-24)31(37)30(38)18-22-7-12-28-26(17-22)19-29(33(40)41)36(28)16-14-34/h7,12,17,19,21,23-25,27,31H,2-6,8-11,13-16,18,20H2,1H3,(H,40,41)/t21-,23?,25?,27+,31+/m1/s1. The van der Waals surface area contributed by atoms with E-state index in [1.807, 2.05) is 24.0 Å². The lowest BCUT2D eigenvalue weighted by atomic mass is 9.74. The molecule has 0 unspecified atom stereocenters. The number of aromatic nitrogens is 1. The highest BCUT2D eigenvalue weighted by Crippen LogP contribution is 2.42. The van der Waals surface area contributed by atoms with Gasteiger partial charge < -0.3 is 14.6 Å². The predicted octanol–water partition coefficient (Wildman–Crippen LogP) is 6.63. The van der Waals surface area contributed by atoms with Crippen LogP contribution in [-0.2, 0) is 22.6 Å². The summed E-state index contributed by atoms with van der Waals surface area (Å²) in [5, 5.41) is 10.3. The summed E-state index contributed by atoms with van der Waals surface area (Å²) in [5.74, 6) is -0.0953. The van der Waals surface area contributed by atoms with Gasteiger partial charge in [-0.2, -0.15) is 0 Å². The summed E-state index contributed by atoms with van der Waals surface area (Å²) in [6.07, 6.45) is 10.1. The van der Waals surface area contributed by atoms with E-state index in [-0.39, 0.29) is 54.8 Å². The van der Waals surface area contributed by atoms with Gasteiger partial charge in [-0.05, 0) is 79.5 Å². The van der Waals surface area contributed by atoms with Crippen molar-refractivity contribution in [2.75, 3.05) is 19.9 Å². The second-order valence-electron chi connectivity index (χ2n) is 12.8. The largest absolute Gasteiger partial charge is 0.477 e. The maximum atomic E-state index is 14.1. The first-order chi connectivity index (χ1) is 19.8. The maximum Gasteiger partial charge on any atom is 0.352 e. The Morgan fingerprint density at radius 3 is 2.37 bits per heavy atom. The van der Waals surface area contributed by atoms with Crippen LogP contribution in [-0.4, -0.2) is 58.2 Å². The van der Waals surface area contributed by atoms with Crippen LogP contribution in [0.5, 0.6) is 0 Å². The molecular formula is C33H44F2N2O4. The molecule has 2 saturated carbocycles. The number of hydrogen-bond donors (Lipinski definition) is 1. The fourth-order valence-corrected chi connectivity index (χ4v) is 8.07. The molecular weight excluding hydrogens is 526 g/mol. The second kappa shape index (κ2) is 13.0. The molecule has 2 aliphatic carbocycles. The summed E-state index contributed by atoms with van der Waals surface area (Å²) in [6.45, 7) is 1.53. The van der Waals surface area contributed by atoms with Crippen LogP contribution in [0, 0.1) is 29.6 Å². The first-order valence-corrected chi connectivity index (χ1v) is 15.6. The molecule has 1 aromatic heterocycles. The summed E-state index contributed by atoms with van der Waals surface area (Å²) >= 11 is 0. The number of nitrogens with zero attached hydrogens (tertiary/aromatic N) is 2. The molecule has 1 N–H and O–H groups in total. The number of benzene rings is 1. The second-order valence-corrected chi connectivity index (χ2v) is 12.8. The molecule has 41 heavy (non-hydrogen) atoms. The number of rotatable bonds is 10. The van der Waals surface area contributed by atoms with Crippen LogP contribution < -0.4 is 0 Å². The fraction of sp³-hybridized carbons (Fsp3) is 0.667. The third-order valence-electron chi connectivity index (χ3n) is 10.4. The smallest absolute Gasteiger partial charge is 0.352 e. The molecule has 1 aromatic carbocycles. The minimum absolute atomic E-state index is 0.0284. The molecule has 0 spiro atoms. The minimum atomic E-state index is -1.11. The lowest BCUT2D eigenvalue weighted by Gasteiger charge is -2.37. The maximum absolute atomic E-state index is 14.1. The first kappa shape index (κ1) is 29.7. The van der Waals surface area contributed by atoms with Gasteiger partial charge in [0, 0.05) is 29.8 Å². The number of hydrogen-bond acceptors (Lipinski definition) is 3. The molecule has 2 aromatic rings. The summed E-state index contributed by atoms with van der Waals surface area (Å²) in [7, 11) is 0. The molecule has 3 atom stereocenters. The topological polar surface area (TPSA) is 79.6 Å². The molecule has 1 saturated heterocycles. The van der Waals surface area contributed by atoms with Crippen molar-refractivity contribution < 1.29 is 28.3 Å². The average Bonchev–Trinajstić information content (AvgIpc) is 3.59. The molecule has 224 valence electrons. The quantitative estimate of drug-likeness (QED) is 0.348. The lowest BCUT2D eigenvalue weighted by Crippen LogP contribution is -2.48. The summed E-state index contributed by atoms with van der Waals surface area (Å²) in [6, 6.07) is 6.53. The first-order valence-electron chi connectivity index (χ1n) is 15.6. The number of carboxylic acid groups (broad SMARTS) is 1. The van der Waals surface area contributed by atoms with E-state index in [2.05, 4.69) is 0 Å². The van der Waals surface area contributed by atoms with Crippen molar-refractivity contribution in [3.05, 3.63) is 35.5 Å². The lowest BCUT2D eigenvalue weighted by molar-refractivity contribution is -0.143. The van der Waals surface area contributed by atoms with E-state index < -0.39 is 18.7 Å². The Balaban J connectivity index is 1.36. The molecule has 2 heterocycles. The number of halogens is 2. The molecule has 5 rings (SSSR count). The van der Waals surface area contributed by atoms with Crippen molar-refractivity contribution in [1.82, 2.24) is 9.47 Å². The number of aromatic carboxylic acids is 1. The average molecular weight is 571 g/mol. The van der Waals surface area contributed by atoms with Crippen molar-refractivity contribution in [2.24, 2.45) is 29.6 Å². The zero-order valence-corrected chi connectivity index (χ0v) is 24.2. The van der Waals surface area contributed by atoms with Crippen molar-refractivity contribution >= 4 is 28.6 Å². The Morgan fingerprint density at radius 2 is 1.71 bits per heavy atom. The summed E-state index contributed by atoms with van der Waals surface area (Å²) in [5.41, 5.74) is 1.44. The van der Waals surface area contributed by atoms with Gasteiger partial charge in [0.05, 0.1) is 19.3 Å². The van der Waals surface area contributed by atoms with Gasteiger partial charge in [0.2, 0.25) is 5.91 Å². The third-order valence-corrected chi connectivity index (χ3v) is 10.4. The molecule has 6 nitrogen and oxygen atoms in total. The van der Waals surface area contributed by atoms with Crippen LogP contribution in [0.15, 0.2) is 24.3 Å².